The van der Waals surface area contributed by atoms with Crippen molar-refractivity contribution in [2.24, 2.45) is 20.5 Å². The molecule has 32 heavy (non-hydrogen) atoms. The second-order valence-electron chi connectivity index (χ2n) is 6.78. The Balaban J connectivity index is 1.63. The van der Waals surface area contributed by atoms with Gasteiger partial charge in [0.05, 0.1) is 30.3 Å². The number of unbranched alkanes of at least 4 members (excludes halogenated alkanes) is 1. The first-order valence-corrected chi connectivity index (χ1v) is 10.4. The molecule has 0 aliphatic rings. The summed E-state index contributed by atoms with van der Waals surface area (Å²) < 4.78 is 38.9. The van der Waals surface area contributed by atoms with Gasteiger partial charge in [0.2, 0.25) is 0 Å². The SMILES string of the molecule is CCCCOc1cc(F)c(N=Nc2ccc(N=Nc3ccc(OCC)cc3)cc2)cc1F. The molecule has 0 amide bonds. The Morgan fingerprint density at radius 3 is 1.81 bits per heavy atom. The molecule has 0 atom stereocenters. The van der Waals surface area contributed by atoms with Crippen LogP contribution in [-0.4, -0.2) is 13.2 Å². The van der Waals surface area contributed by atoms with Crippen molar-refractivity contribution >= 4 is 22.7 Å². The quantitative estimate of drug-likeness (QED) is 0.236. The van der Waals surface area contributed by atoms with Crippen molar-refractivity contribution in [2.45, 2.75) is 26.7 Å². The lowest BCUT2D eigenvalue weighted by molar-refractivity contribution is 0.292. The Bertz CT molecular complexity index is 1070. The Morgan fingerprint density at radius 2 is 1.25 bits per heavy atom. The highest BCUT2D eigenvalue weighted by atomic mass is 19.1. The van der Waals surface area contributed by atoms with Crippen LogP contribution in [0.2, 0.25) is 0 Å². The molecule has 0 aromatic heterocycles. The third-order valence-electron chi connectivity index (χ3n) is 4.31. The van der Waals surface area contributed by atoms with Gasteiger partial charge in [0.25, 0.3) is 0 Å². The molecular weight excluding hydrogens is 414 g/mol. The van der Waals surface area contributed by atoms with Gasteiger partial charge in [-0.2, -0.15) is 15.3 Å². The predicted octanol–water partition coefficient (Wildman–Crippen LogP) is 8.37. The van der Waals surface area contributed by atoms with E-state index in [4.69, 9.17) is 9.47 Å². The van der Waals surface area contributed by atoms with Gasteiger partial charge in [0.15, 0.2) is 17.4 Å². The molecule has 0 aliphatic heterocycles. The number of halogens is 2. The van der Waals surface area contributed by atoms with Gasteiger partial charge in [-0.25, -0.2) is 8.78 Å². The largest absolute Gasteiger partial charge is 0.494 e. The van der Waals surface area contributed by atoms with Crippen molar-refractivity contribution < 1.29 is 18.3 Å². The van der Waals surface area contributed by atoms with E-state index in [2.05, 4.69) is 20.5 Å². The van der Waals surface area contributed by atoms with E-state index in [1.807, 2.05) is 38.1 Å². The molecule has 3 aromatic carbocycles. The predicted molar refractivity (Wildman–Crippen MR) is 119 cm³/mol. The highest BCUT2D eigenvalue weighted by molar-refractivity contribution is 5.49. The summed E-state index contributed by atoms with van der Waals surface area (Å²) in [5, 5.41) is 16.1. The fraction of sp³-hybridized carbons (Fsp3) is 0.250. The molecule has 0 aliphatic carbocycles. The van der Waals surface area contributed by atoms with Gasteiger partial charge >= 0.3 is 0 Å². The molecule has 166 valence electrons. The average Bonchev–Trinajstić information content (AvgIpc) is 2.81. The average molecular weight is 438 g/mol. The van der Waals surface area contributed by atoms with Crippen LogP contribution in [0.4, 0.5) is 31.5 Å². The molecule has 0 saturated carbocycles. The Labute approximate surface area is 185 Å². The van der Waals surface area contributed by atoms with E-state index in [0.29, 0.717) is 30.3 Å². The first-order valence-electron chi connectivity index (χ1n) is 10.4. The third-order valence-corrected chi connectivity index (χ3v) is 4.31. The molecule has 3 aromatic rings. The minimum atomic E-state index is -0.706. The van der Waals surface area contributed by atoms with Crippen molar-refractivity contribution in [3.8, 4) is 11.5 Å². The van der Waals surface area contributed by atoms with Crippen molar-refractivity contribution in [2.75, 3.05) is 13.2 Å². The summed E-state index contributed by atoms with van der Waals surface area (Å²) in [7, 11) is 0. The fourth-order valence-electron chi connectivity index (χ4n) is 2.62. The maximum Gasteiger partial charge on any atom is 0.167 e. The maximum atomic E-state index is 14.2. The summed E-state index contributed by atoms with van der Waals surface area (Å²) in [6, 6.07) is 16.0. The number of benzene rings is 3. The second-order valence-corrected chi connectivity index (χ2v) is 6.78. The molecule has 0 spiro atoms. The van der Waals surface area contributed by atoms with E-state index in [0.717, 1.165) is 30.7 Å². The van der Waals surface area contributed by atoms with Crippen LogP contribution in [0.25, 0.3) is 0 Å². The highest BCUT2D eigenvalue weighted by Gasteiger charge is 2.11. The number of hydrogen-bond donors (Lipinski definition) is 0. The Hall–Kier alpha value is -3.68. The zero-order valence-electron chi connectivity index (χ0n) is 18.0. The summed E-state index contributed by atoms with van der Waals surface area (Å²) in [6.07, 6.45) is 1.66. The fourth-order valence-corrected chi connectivity index (χ4v) is 2.62. The van der Waals surface area contributed by atoms with Gasteiger partial charge in [-0.3, -0.25) is 0 Å². The Morgan fingerprint density at radius 1 is 0.688 bits per heavy atom. The second kappa shape index (κ2) is 11.6. The van der Waals surface area contributed by atoms with E-state index in [1.54, 1.807) is 24.3 Å². The monoisotopic (exact) mass is 438 g/mol. The van der Waals surface area contributed by atoms with E-state index in [-0.39, 0.29) is 11.4 Å². The van der Waals surface area contributed by atoms with Gasteiger partial charge < -0.3 is 9.47 Å². The van der Waals surface area contributed by atoms with E-state index < -0.39 is 11.6 Å². The number of hydrogen-bond acceptors (Lipinski definition) is 6. The van der Waals surface area contributed by atoms with Gasteiger partial charge in [0, 0.05) is 12.1 Å². The molecule has 0 radical (unpaired) electrons. The maximum absolute atomic E-state index is 14.2. The number of azo groups is 2. The van der Waals surface area contributed by atoms with E-state index in [9.17, 15) is 8.78 Å². The molecule has 0 bridgehead atoms. The van der Waals surface area contributed by atoms with Crippen LogP contribution in [-0.2, 0) is 0 Å². The summed E-state index contributed by atoms with van der Waals surface area (Å²) >= 11 is 0. The number of rotatable bonds is 10. The zero-order valence-corrected chi connectivity index (χ0v) is 18.0. The lowest BCUT2D eigenvalue weighted by Crippen LogP contribution is -1.99. The lowest BCUT2D eigenvalue weighted by atomic mass is 10.2. The molecule has 3 rings (SSSR count). The topological polar surface area (TPSA) is 67.9 Å². The molecule has 8 heteroatoms. The lowest BCUT2D eigenvalue weighted by Gasteiger charge is -2.07. The molecule has 0 heterocycles. The van der Waals surface area contributed by atoms with Crippen molar-refractivity contribution in [1.29, 1.82) is 0 Å². The van der Waals surface area contributed by atoms with Crippen LogP contribution in [0, 0.1) is 11.6 Å². The van der Waals surface area contributed by atoms with E-state index in [1.165, 1.54) is 0 Å². The summed E-state index contributed by atoms with van der Waals surface area (Å²) in [5.74, 6) is -0.739. The van der Waals surface area contributed by atoms with Gasteiger partial charge in [-0.1, -0.05) is 13.3 Å². The van der Waals surface area contributed by atoms with Crippen LogP contribution < -0.4 is 9.47 Å². The van der Waals surface area contributed by atoms with Crippen LogP contribution in [0.15, 0.2) is 81.1 Å². The zero-order chi connectivity index (χ0) is 22.8. The van der Waals surface area contributed by atoms with Crippen LogP contribution >= 0.6 is 0 Å². The molecule has 6 nitrogen and oxygen atoms in total. The molecule has 0 N–H and O–H groups in total. The number of nitrogens with zero attached hydrogens (tertiary/aromatic N) is 4. The van der Waals surface area contributed by atoms with Crippen molar-refractivity contribution in [3.05, 3.63) is 72.3 Å². The van der Waals surface area contributed by atoms with Gasteiger partial charge in [-0.15, -0.1) is 5.11 Å². The summed E-state index contributed by atoms with van der Waals surface area (Å²) in [4.78, 5) is 0. The smallest absolute Gasteiger partial charge is 0.167 e. The molecule has 0 unspecified atom stereocenters. The van der Waals surface area contributed by atoms with Crippen LogP contribution in [0.3, 0.4) is 0 Å². The van der Waals surface area contributed by atoms with Crippen LogP contribution in [0.5, 0.6) is 11.5 Å². The third kappa shape index (κ3) is 6.66. The first-order chi connectivity index (χ1) is 15.6. The molecule has 0 fully saturated rings. The van der Waals surface area contributed by atoms with Gasteiger partial charge in [0.1, 0.15) is 11.4 Å². The summed E-state index contributed by atoms with van der Waals surface area (Å²) in [6.45, 7) is 4.84. The highest BCUT2D eigenvalue weighted by Crippen LogP contribution is 2.29. The van der Waals surface area contributed by atoms with Crippen LogP contribution in [0.1, 0.15) is 26.7 Å². The number of ether oxygens (including phenoxy) is 2. The van der Waals surface area contributed by atoms with Crippen molar-refractivity contribution in [1.82, 2.24) is 0 Å². The minimum absolute atomic E-state index is 0.128. The van der Waals surface area contributed by atoms with Gasteiger partial charge in [-0.05, 0) is 61.9 Å². The van der Waals surface area contributed by atoms with E-state index >= 15 is 0 Å². The van der Waals surface area contributed by atoms with Crippen molar-refractivity contribution in [3.63, 3.8) is 0 Å². The minimum Gasteiger partial charge on any atom is -0.494 e. The molecular formula is C24H24F2N4O2. The normalized spacial score (nSPS) is 11.4. The first kappa shape index (κ1) is 23.0. The Kier molecular flexibility index (Phi) is 8.36. The summed E-state index contributed by atoms with van der Waals surface area (Å²) in [5.41, 5.74) is 1.57. The molecule has 0 saturated heterocycles. The standard InChI is InChI=1S/C24H24F2N4O2/c1-3-5-14-32-24-16-21(25)23(15-22(24)26)30-29-18-8-6-17(7-9-18)27-28-19-10-12-20(13-11-19)31-4-2/h6-13,15-16H,3-5,14H2,1-2H3.